The Balaban J connectivity index is 1.73. The van der Waals surface area contributed by atoms with Crippen LogP contribution >= 0.6 is 46.3 Å². The van der Waals surface area contributed by atoms with E-state index in [1.54, 1.807) is 34.4 Å². The minimum atomic E-state index is -3.07. The second-order valence-electron chi connectivity index (χ2n) is 6.02. The Bertz CT molecular complexity index is 885. The molecule has 0 aliphatic carbocycles. The highest BCUT2D eigenvalue weighted by Gasteiger charge is 2.34. The van der Waals surface area contributed by atoms with Gasteiger partial charge in [0.25, 0.3) is 0 Å². The molecule has 1 aliphatic rings. The van der Waals surface area contributed by atoms with Crippen molar-refractivity contribution in [3.05, 3.63) is 50.6 Å². The zero-order chi connectivity index (χ0) is 18.7. The van der Waals surface area contributed by atoms with Crippen LogP contribution in [0.2, 0.25) is 10.0 Å². The Labute approximate surface area is 171 Å². The van der Waals surface area contributed by atoms with Gasteiger partial charge in [0.2, 0.25) is 5.91 Å². The first-order chi connectivity index (χ1) is 12.3. The lowest BCUT2D eigenvalue weighted by Gasteiger charge is -2.28. The highest BCUT2D eigenvalue weighted by molar-refractivity contribution is 8.00. The monoisotopic (exact) mass is 449 g/mol. The van der Waals surface area contributed by atoms with Crippen molar-refractivity contribution in [1.82, 2.24) is 4.90 Å². The van der Waals surface area contributed by atoms with Gasteiger partial charge in [-0.3, -0.25) is 4.79 Å². The van der Waals surface area contributed by atoms with Gasteiger partial charge in [0, 0.05) is 20.8 Å². The van der Waals surface area contributed by atoms with E-state index < -0.39 is 9.84 Å². The molecule has 2 heterocycles. The van der Waals surface area contributed by atoms with Crippen LogP contribution in [0.1, 0.15) is 11.3 Å². The van der Waals surface area contributed by atoms with Gasteiger partial charge in [0.05, 0.1) is 28.8 Å². The van der Waals surface area contributed by atoms with Crippen LogP contribution in [-0.4, -0.2) is 42.5 Å². The lowest BCUT2D eigenvalue weighted by atomic mass is 10.2. The number of thioether (sulfide) groups is 1. The molecule has 0 bridgehead atoms. The molecule has 1 aliphatic heterocycles. The number of carbonyl (C=O) groups excluding carboxylic acids is 1. The third kappa shape index (κ3) is 5.16. The van der Waals surface area contributed by atoms with Gasteiger partial charge < -0.3 is 4.90 Å². The van der Waals surface area contributed by atoms with E-state index in [2.05, 4.69) is 0 Å². The Morgan fingerprint density at radius 2 is 2.12 bits per heavy atom. The van der Waals surface area contributed by atoms with Crippen LogP contribution in [0, 0.1) is 0 Å². The number of rotatable bonds is 6. The van der Waals surface area contributed by atoms with Gasteiger partial charge in [-0.2, -0.15) is 0 Å². The molecular formula is C17H17Cl2NO3S3. The van der Waals surface area contributed by atoms with Gasteiger partial charge in [-0.15, -0.1) is 23.1 Å². The van der Waals surface area contributed by atoms with Crippen molar-refractivity contribution in [2.75, 3.05) is 17.3 Å². The maximum absolute atomic E-state index is 12.9. The zero-order valence-corrected chi connectivity index (χ0v) is 17.7. The summed E-state index contributed by atoms with van der Waals surface area (Å²) < 4.78 is 23.7. The highest BCUT2D eigenvalue weighted by Crippen LogP contribution is 2.31. The van der Waals surface area contributed by atoms with E-state index in [9.17, 15) is 13.2 Å². The summed E-state index contributed by atoms with van der Waals surface area (Å²) in [7, 11) is -3.07. The van der Waals surface area contributed by atoms with Crippen LogP contribution in [0.4, 0.5) is 0 Å². The third-order valence-electron chi connectivity index (χ3n) is 4.12. The minimum Gasteiger partial charge on any atom is -0.333 e. The molecule has 9 heteroatoms. The van der Waals surface area contributed by atoms with Crippen molar-refractivity contribution in [3.63, 3.8) is 0 Å². The van der Waals surface area contributed by atoms with E-state index in [0.717, 1.165) is 9.77 Å². The molecule has 1 unspecified atom stereocenters. The largest absolute Gasteiger partial charge is 0.333 e. The first-order valence-electron chi connectivity index (χ1n) is 7.94. The molecule has 0 saturated carbocycles. The molecule has 1 aromatic carbocycles. The second kappa shape index (κ2) is 8.52. The number of carbonyl (C=O) groups is 1. The van der Waals surface area contributed by atoms with Gasteiger partial charge in [0.1, 0.15) is 0 Å². The predicted octanol–water partition coefficient (Wildman–Crippen LogP) is 4.36. The zero-order valence-electron chi connectivity index (χ0n) is 13.7. The molecule has 1 atom stereocenters. The van der Waals surface area contributed by atoms with Crippen LogP contribution < -0.4 is 0 Å². The van der Waals surface area contributed by atoms with E-state index in [0.29, 0.717) is 23.0 Å². The summed E-state index contributed by atoms with van der Waals surface area (Å²) in [4.78, 5) is 16.3. The number of thiophene rings is 1. The Morgan fingerprint density at radius 1 is 1.31 bits per heavy atom. The fraction of sp³-hybridized carbons (Fsp3) is 0.353. The molecule has 1 aromatic heterocycles. The SMILES string of the molecule is O=C(CSc1cc(Cl)ccc1Cl)N(Cc1cccs1)C1CCS(=O)(=O)C1. The first kappa shape index (κ1) is 20.0. The van der Waals surface area contributed by atoms with Gasteiger partial charge in [-0.25, -0.2) is 8.42 Å². The van der Waals surface area contributed by atoms with E-state index >= 15 is 0 Å². The van der Waals surface area contributed by atoms with Crippen LogP contribution in [0.3, 0.4) is 0 Å². The summed E-state index contributed by atoms with van der Waals surface area (Å²) in [5, 5.41) is 3.05. The van der Waals surface area contributed by atoms with Crippen molar-refractivity contribution in [3.8, 4) is 0 Å². The number of hydrogen-bond acceptors (Lipinski definition) is 5. The molecule has 0 spiro atoms. The van der Waals surface area contributed by atoms with E-state index in [1.807, 2.05) is 17.5 Å². The summed E-state index contributed by atoms with van der Waals surface area (Å²) in [5.41, 5.74) is 0. The Kier molecular flexibility index (Phi) is 6.56. The number of amides is 1. The van der Waals surface area contributed by atoms with E-state index in [4.69, 9.17) is 23.2 Å². The lowest BCUT2D eigenvalue weighted by molar-refractivity contribution is -0.130. The average molecular weight is 450 g/mol. The van der Waals surface area contributed by atoms with Crippen molar-refractivity contribution < 1.29 is 13.2 Å². The van der Waals surface area contributed by atoms with Crippen molar-refractivity contribution >= 4 is 62.0 Å². The molecule has 2 aromatic rings. The number of nitrogens with zero attached hydrogens (tertiary/aromatic N) is 1. The van der Waals surface area contributed by atoms with E-state index in [-0.39, 0.29) is 29.2 Å². The Morgan fingerprint density at radius 3 is 2.77 bits per heavy atom. The molecule has 1 saturated heterocycles. The molecule has 140 valence electrons. The lowest BCUT2D eigenvalue weighted by Crippen LogP contribution is -2.41. The van der Waals surface area contributed by atoms with Crippen LogP contribution in [0.25, 0.3) is 0 Å². The van der Waals surface area contributed by atoms with Crippen molar-refractivity contribution in [2.45, 2.75) is 23.9 Å². The number of benzene rings is 1. The topological polar surface area (TPSA) is 54.5 Å². The van der Waals surface area contributed by atoms with Crippen LogP contribution in [0.5, 0.6) is 0 Å². The second-order valence-corrected chi connectivity index (χ2v) is 11.1. The number of sulfone groups is 1. The van der Waals surface area contributed by atoms with Gasteiger partial charge in [-0.1, -0.05) is 29.3 Å². The summed E-state index contributed by atoms with van der Waals surface area (Å²) >= 11 is 15.0. The standard InChI is InChI=1S/C17H17Cl2NO3S3/c18-12-3-4-15(19)16(8-12)25-10-17(21)20(9-14-2-1-6-24-14)13-5-7-26(22,23)11-13/h1-4,6,8,13H,5,7,9-11H2. The predicted molar refractivity (Wildman–Crippen MR) is 109 cm³/mol. The minimum absolute atomic E-state index is 0.0344. The molecule has 3 rings (SSSR count). The highest BCUT2D eigenvalue weighted by atomic mass is 35.5. The molecule has 4 nitrogen and oxygen atoms in total. The van der Waals surface area contributed by atoms with Crippen molar-refractivity contribution in [1.29, 1.82) is 0 Å². The number of halogens is 2. The molecule has 0 N–H and O–H groups in total. The van der Waals surface area contributed by atoms with Crippen molar-refractivity contribution in [2.24, 2.45) is 0 Å². The normalized spacial score (nSPS) is 18.8. The Hall–Kier alpha value is -0.730. The van der Waals surface area contributed by atoms with Crippen LogP contribution in [0.15, 0.2) is 40.6 Å². The smallest absolute Gasteiger partial charge is 0.233 e. The molecule has 0 radical (unpaired) electrons. The quantitative estimate of drug-likeness (QED) is 0.614. The summed E-state index contributed by atoms with van der Waals surface area (Å²) in [5.74, 6) is 0.259. The molecule has 1 fully saturated rings. The average Bonchev–Trinajstić information content (AvgIpc) is 3.22. The fourth-order valence-electron chi connectivity index (χ4n) is 2.82. The molecule has 26 heavy (non-hydrogen) atoms. The van der Waals surface area contributed by atoms with Gasteiger partial charge in [0.15, 0.2) is 9.84 Å². The van der Waals surface area contributed by atoms with Gasteiger partial charge in [-0.05, 0) is 36.1 Å². The molecule has 1 amide bonds. The van der Waals surface area contributed by atoms with Crippen LogP contribution in [-0.2, 0) is 21.2 Å². The fourth-order valence-corrected chi connectivity index (χ4v) is 6.64. The third-order valence-corrected chi connectivity index (χ3v) is 8.45. The molecular weight excluding hydrogens is 433 g/mol. The maximum Gasteiger partial charge on any atom is 0.233 e. The van der Waals surface area contributed by atoms with Gasteiger partial charge >= 0.3 is 0 Å². The summed E-state index contributed by atoms with van der Waals surface area (Å²) in [6, 6.07) is 8.73. The number of hydrogen-bond donors (Lipinski definition) is 0. The summed E-state index contributed by atoms with van der Waals surface area (Å²) in [6.07, 6.45) is 0.488. The first-order valence-corrected chi connectivity index (χ1v) is 12.4. The van der Waals surface area contributed by atoms with E-state index in [1.165, 1.54) is 11.8 Å². The maximum atomic E-state index is 12.9. The summed E-state index contributed by atoms with van der Waals surface area (Å²) in [6.45, 7) is 0.431.